The second-order valence-electron chi connectivity index (χ2n) is 6.58. The average Bonchev–Trinajstić information content (AvgIpc) is 2.63. The van der Waals surface area contributed by atoms with Crippen molar-refractivity contribution in [2.45, 2.75) is 51.5 Å². The van der Waals surface area contributed by atoms with Crippen molar-refractivity contribution < 1.29 is 19.0 Å². The van der Waals surface area contributed by atoms with Gasteiger partial charge in [-0.3, -0.25) is 0 Å². The van der Waals surface area contributed by atoms with Gasteiger partial charge in [0.2, 0.25) is 0 Å². The molecule has 1 aromatic rings. The quantitative estimate of drug-likeness (QED) is 0.540. The smallest absolute Gasteiger partial charge is 0.337 e. The van der Waals surface area contributed by atoms with Crippen LogP contribution < -0.4 is 11.5 Å². The number of hydrogen-bond acceptors (Lipinski definition) is 5. The van der Waals surface area contributed by atoms with E-state index in [0.717, 1.165) is 31.7 Å². The Bertz CT molecular complexity index is 640. The lowest BCUT2D eigenvalue weighted by Gasteiger charge is -2.23. The van der Waals surface area contributed by atoms with Crippen molar-refractivity contribution >= 4 is 5.97 Å². The lowest BCUT2D eigenvalue weighted by molar-refractivity contribution is -0.141. The predicted molar refractivity (Wildman–Crippen MR) is 94.0 cm³/mol. The molecule has 0 radical (unpaired) electrons. The van der Waals surface area contributed by atoms with Crippen molar-refractivity contribution in [1.29, 1.82) is 0 Å². The van der Waals surface area contributed by atoms with E-state index >= 15 is 0 Å². The van der Waals surface area contributed by atoms with Crippen molar-refractivity contribution in [3.8, 4) is 5.75 Å². The highest BCUT2D eigenvalue weighted by Gasteiger charge is 2.25. The van der Waals surface area contributed by atoms with E-state index in [4.69, 9.17) is 16.2 Å². The zero-order valence-electron chi connectivity index (χ0n) is 14.6. The fourth-order valence-electron chi connectivity index (χ4n) is 3.16. The number of rotatable bonds is 6. The first-order valence-electron chi connectivity index (χ1n) is 8.83. The van der Waals surface area contributed by atoms with Crippen LogP contribution >= 0.6 is 0 Å². The standard InChI is InChI=1S/C19H27FN2O3/c1-2-15(21)17(18(22)13-8-9-16(23)14(20)10-13)19(24)25-11-12-6-4-3-5-7-12/h8-10,12,18,23H,2-7,11,21-22H2,1H3/b17-15+. The molecule has 1 aromatic carbocycles. The summed E-state index contributed by atoms with van der Waals surface area (Å²) in [7, 11) is 0. The van der Waals surface area contributed by atoms with E-state index in [-0.39, 0.29) is 5.57 Å². The maximum absolute atomic E-state index is 13.6. The van der Waals surface area contributed by atoms with Gasteiger partial charge in [-0.2, -0.15) is 0 Å². The van der Waals surface area contributed by atoms with Gasteiger partial charge in [-0.15, -0.1) is 0 Å². The van der Waals surface area contributed by atoms with Gasteiger partial charge >= 0.3 is 5.97 Å². The molecule has 5 nitrogen and oxygen atoms in total. The van der Waals surface area contributed by atoms with Gasteiger partial charge < -0.3 is 21.3 Å². The highest BCUT2D eigenvalue weighted by atomic mass is 19.1. The number of benzene rings is 1. The van der Waals surface area contributed by atoms with E-state index in [0.29, 0.717) is 30.2 Å². The molecule has 0 saturated heterocycles. The van der Waals surface area contributed by atoms with Crippen LogP contribution in [-0.4, -0.2) is 17.7 Å². The number of halogens is 1. The van der Waals surface area contributed by atoms with Gasteiger partial charge in [0.1, 0.15) is 0 Å². The highest BCUT2D eigenvalue weighted by molar-refractivity contribution is 5.91. The molecule has 1 saturated carbocycles. The normalized spacial score (nSPS) is 17.7. The van der Waals surface area contributed by atoms with Crippen LogP contribution in [0.15, 0.2) is 29.5 Å². The maximum atomic E-state index is 13.6. The molecule has 0 bridgehead atoms. The minimum absolute atomic E-state index is 0.156. The summed E-state index contributed by atoms with van der Waals surface area (Å²) in [6.45, 7) is 2.17. The van der Waals surface area contributed by atoms with Crippen molar-refractivity contribution in [1.82, 2.24) is 0 Å². The Kier molecular flexibility index (Phi) is 6.82. The van der Waals surface area contributed by atoms with Crippen molar-refractivity contribution in [2.24, 2.45) is 17.4 Å². The van der Waals surface area contributed by atoms with Crippen LogP contribution in [-0.2, 0) is 9.53 Å². The molecule has 0 heterocycles. The molecule has 0 amide bonds. The Morgan fingerprint density at radius 3 is 2.64 bits per heavy atom. The first-order chi connectivity index (χ1) is 11.9. The fraction of sp³-hybridized carbons (Fsp3) is 0.526. The van der Waals surface area contributed by atoms with E-state index < -0.39 is 23.6 Å². The lowest BCUT2D eigenvalue weighted by atomic mass is 9.90. The third-order valence-corrected chi connectivity index (χ3v) is 4.76. The molecule has 0 spiro atoms. The minimum Gasteiger partial charge on any atom is -0.505 e. The van der Waals surface area contributed by atoms with E-state index in [1.807, 2.05) is 6.92 Å². The van der Waals surface area contributed by atoms with Gasteiger partial charge in [-0.05, 0) is 42.9 Å². The molecule has 6 heteroatoms. The van der Waals surface area contributed by atoms with Gasteiger partial charge in [0.05, 0.1) is 18.2 Å². The Balaban J connectivity index is 2.14. The summed E-state index contributed by atoms with van der Waals surface area (Å²) < 4.78 is 19.1. The molecular formula is C19H27FN2O3. The van der Waals surface area contributed by atoms with Crippen molar-refractivity contribution in [3.63, 3.8) is 0 Å². The van der Waals surface area contributed by atoms with E-state index in [1.165, 1.54) is 18.6 Å². The molecule has 1 unspecified atom stereocenters. The first kappa shape index (κ1) is 19.2. The third-order valence-electron chi connectivity index (χ3n) is 4.76. The Labute approximate surface area is 147 Å². The molecule has 1 fully saturated rings. The first-order valence-corrected chi connectivity index (χ1v) is 8.83. The van der Waals surface area contributed by atoms with E-state index in [2.05, 4.69) is 0 Å². The van der Waals surface area contributed by atoms with Crippen molar-refractivity contribution in [3.05, 3.63) is 40.8 Å². The van der Waals surface area contributed by atoms with Crippen molar-refractivity contribution in [2.75, 3.05) is 6.61 Å². The molecule has 5 N–H and O–H groups in total. The summed E-state index contributed by atoms with van der Waals surface area (Å²) in [6.07, 6.45) is 6.11. The summed E-state index contributed by atoms with van der Waals surface area (Å²) in [4.78, 5) is 12.6. The number of phenolic OH excluding ortho intramolecular Hbond substituents is 1. The van der Waals surface area contributed by atoms with Crippen LogP contribution in [0, 0.1) is 11.7 Å². The highest BCUT2D eigenvalue weighted by Crippen LogP contribution is 2.28. The fourth-order valence-corrected chi connectivity index (χ4v) is 3.16. The predicted octanol–water partition coefficient (Wildman–Crippen LogP) is 3.28. The lowest BCUT2D eigenvalue weighted by Crippen LogP contribution is -2.27. The third kappa shape index (κ3) is 4.95. The number of ether oxygens (including phenoxy) is 1. The zero-order valence-corrected chi connectivity index (χ0v) is 14.6. The Morgan fingerprint density at radius 1 is 1.36 bits per heavy atom. The van der Waals surface area contributed by atoms with Crippen LogP contribution in [0.3, 0.4) is 0 Å². The SMILES string of the molecule is CC/C(N)=C(\C(=O)OCC1CCCCC1)C(N)c1ccc(O)c(F)c1. The minimum atomic E-state index is -0.908. The molecule has 2 rings (SSSR count). The average molecular weight is 350 g/mol. The summed E-state index contributed by atoms with van der Waals surface area (Å²) >= 11 is 0. The van der Waals surface area contributed by atoms with Crippen LogP contribution in [0.1, 0.15) is 57.1 Å². The second kappa shape index (κ2) is 8.85. The number of carbonyl (C=O) groups excluding carboxylic acids is 1. The summed E-state index contributed by atoms with van der Waals surface area (Å²) in [6, 6.07) is 2.88. The molecule has 0 aromatic heterocycles. The summed E-state index contributed by atoms with van der Waals surface area (Å²) in [5.41, 5.74) is 13.0. The van der Waals surface area contributed by atoms with E-state index in [9.17, 15) is 14.3 Å². The Hall–Kier alpha value is -2.08. The summed E-state index contributed by atoms with van der Waals surface area (Å²) in [5, 5.41) is 9.31. The molecule has 1 aliphatic rings. The Morgan fingerprint density at radius 2 is 2.04 bits per heavy atom. The number of carbonyl (C=O) groups is 1. The molecule has 1 atom stereocenters. The number of phenols is 1. The zero-order chi connectivity index (χ0) is 18.4. The summed E-state index contributed by atoms with van der Waals surface area (Å²) in [5.74, 6) is -1.43. The number of allylic oxidation sites excluding steroid dienone is 1. The maximum Gasteiger partial charge on any atom is 0.337 e. The van der Waals surface area contributed by atoms with Gasteiger partial charge in [-0.25, -0.2) is 9.18 Å². The second-order valence-corrected chi connectivity index (χ2v) is 6.58. The number of hydrogen-bond donors (Lipinski definition) is 3. The number of nitrogens with two attached hydrogens (primary N) is 2. The van der Waals surface area contributed by atoms with Gasteiger partial charge in [0.25, 0.3) is 0 Å². The molecular weight excluding hydrogens is 323 g/mol. The number of aromatic hydroxyl groups is 1. The molecule has 1 aliphatic carbocycles. The molecule has 0 aliphatic heterocycles. The van der Waals surface area contributed by atoms with Gasteiger partial charge in [0.15, 0.2) is 11.6 Å². The van der Waals surface area contributed by atoms with Crippen LogP contribution in [0.5, 0.6) is 5.75 Å². The van der Waals surface area contributed by atoms with Crippen LogP contribution in [0.4, 0.5) is 4.39 Å². The van der Waals surface area contributed by atoms with Gasteiger partial charge in [0, 0.05) is 5.70 Å². The molecule has 138 valence electrons. The van der Waals surface area contributed by atoms with Gasteiger partial charge in [-0.1, -0.05) is 32.3 Å². The monoisotopic (exact) mass is 350 g/mol. The molecule has 25 heavy (non-hydrogen) atoms. The van der Waals surface area contributed by atoms with E-state index in [1.54, 1.807) is 0 Å². The largest absolute Gasteiger partial charge is 0.505 e. The van der Waals surface area contributed by atoms with Crippen LogP contribution in [0.25, 0.3) is 0 Å². The van der Waals surface area contributed by atoms with Crippen LogP contribution in [0.2, 0.25) is 0 Å². The topological polar surface area (TPSA) is 98.6 Å². The number of esters is 1.